The van der Waals surface area contributed by atoms with Crippen molar-refractivity contribution in [2.45, 2.75) is 20.3 Å². The summed E-state index contributed by atoms with van der Waals surface area (Å²) in [6.45, 7) is 3.50. The molecule has 0 unspecified atom stereocenters. The summed E-state index contributed by atoms with van der Waals surface area (Å²) in [7, 11) is 0. The van der Waals surface area contributed by atoms with Crippen LogP contribution in [0.15, 0.2) is 28.3 Å². The Labute approximate surface area is 107 Å². The number of carbonyl (C=O) groups excluding carboxylic acids is 1. The molecule has 0 aromatic heterocycles. The van der Waals surface area contributed by atoms with E-state index in [0.29, 0.717) is 12.0 Å². The Morgan fingerprint density at radius 2 is 2.06 bits per heavy atom. The fourth-order valence-electron chi connectivity index (χ4n) is 1.24. The zero-order valence-electron chi connectivity index (χ0n) is 9.48. The topological polar surface area (TPSA) is 29.1 Å². The molecule has 0 heterocycles. The van der Waals surface area contributed by atoms with Crippen molar-refractivity contribution >= 4 is 27.5 Å². The SMILES string of the molecule is CC/C=C(/C)C(=O)Nc1cc(F)c(Br)cc1F. The summed E-state index contributed by atoms with van der Waals surface area (Å²) in [6.07, 6.45) is 2.42. The van der Waals surface area contributed by atoms with Gasteiger partial charge in [0.2, 0.25) is 0 Å². The zero-order valence-corrected chi connectivity index (χ0v) is 11.1. The van der Waals surface area contributed by atoms with E-state index in [4.69, 9.17) is 0 Å². The first kappa shape index (κ1) is 13.8. The standard InChI is InChI=1S/C12H12BrF2NO/c1-3-4-7(2)12(17)16-11-6-9(14)8(13)5-10(11)15/h4-6H,3H2,1-2H3,(H,16,17)/b7-4-. The Bertz CT molecular complexity index is 472. The molecule has 0 fully saturated rings. The van der Waals surface area contributed by atoms with Gasteiger partial charge in [-0.2, -0.15) is 0 Å². The third-order valence-corrected chi connectivity index (χ3v) is 2.73. The number of hydrogen-bond donors (Lipinski definition) is 1. The van der Waals surface area contributed by atoms with Crippen LogP contribution < -0.4 is 5.32 Å². The summed E-state index contributed by atoms with van der Waals surface area (Å²) in [5.41, 5.74) is 0.301. The molecule has 0 aliphatic rings. The molecule has 0 atom stereocenters. The fraction of sp³-hybridized carbons (Fsp3) is 0.250. The molecular formula is C12H12BrF2NO. The summed E-state index contributed by atoms with van der Waals surface area (Å²) >= 11 is 2.86. The second-order valence-corrected chi connectivity index (χ2v) is 4.35. The summed E-state index contributed by atoms with van der Waals surface area (Å²) in [5, 5.41) is 2.32. The highest BCUT2D eigenvalue weighted by Crippen LogP contribution is 2.23. The van der Waals surface area contributed by atoms with Crippen molar-refractivity contribution in [3.05, 3.63) is 39.9 Å². The van der Waals surface area contributed by atoms with Gasteiger partial charge in [0.05, 0.1) is 10.2 Å². The van der Waals surface area contributed by atoms with Crippen LogP contribution in [-0.2, 0) is 4.79 Å². The van der Waals surface area contributed by atoms with Crippen molar-refractivity contribution in [3.63, 3.8) is 0 Å². The minimum atomic E-state index is -0.684. The second kappa shape index (κ2) is 5.91. The van der Waals surface area contributed by atoms with Crippen molar-refractivity contribution in [1.82, 2.24) is 0 Å². The van der Waals surface area contributed by atoms with E-state index in [1.165, 1.54) is 0 Å². The summed E-state index contributed by atoms with van der Waals surface area (Å²) in [5.74, 6) is -1.75. The van der Waals surface area contributed by atoms with Crippen molar-refractivity contribution in [3.8, 4) is 0 Å². The van der Waals surface area contributed by atoms with E-state index >= 15 is 0 Å². The molecule has 92 valence electrons. The van der Waals surface area contributed by atoms with Gasteiger partial charge in [-0.15, -0.1) is 0 Å². The van der Waals surface area contributed by atoms with E-state index < -0.39 is 17.5 Å². The number of carbonyl (C=O) groups is 1. The Morgan fingerprint density at radius 1 is 1.41 bits per heavy atom. The highest BCUT2D eigenvalue weighted by atomic mass is 79.9. The molecular weight excluding hydrogens is 292 g/mol. The van der Waals surface area contributed by atoms with E-state index in [1.54, 1.807) is 13.0 Å². The molecule has 1 rings (SSSR count). The lowest BCUT2D eigenvalue weighted by Crippen LogP contribution is -2.14. The van der Waals surface area contributed by atoms with Gasteiger partial charge >= 0.3 is 0 Å². The van der Waals surface area contributed by atoms with Gasteiger partial charge in [0.25, 0.3) is 5.91 Å². The Hall–Kier alpha value is -1.23. The fourth-order valence-corrected chi connectivity index (χ4v) is 1.55. The van der Waals surface area contributed by atoms with Gasteiger partial charge in [-0.05, 0) is 35.3 Å². The molecule has 17 heavy (non-hydrogen) atoms. The number of anilines is 1. The van der Waals surface area contributed by atoms with Crippen molar-refractivity contribution in [1.29, 1.82) is 0 Å². The van der Waals surface area contributed by atoms with Crippen LogP contribution >= 0.6 is 15.9 Å². The molecule has 1 aromatic rings. The van der Waals surface area contributed by atoms with Gasteiger partial charge in [0.1, 0.15) is 11.6 Å². The minimum absolute atomic E-state index is 0.0221. The van der Waals surface area contributed by atoms with Gasteiger partial charge in [0, 0.05) is 11.6 Å². The number of nitrogens with one attached hydrogen (secondary N) is 1. The average Bonchev–Trinajstić information content (AvgIpc) is 2.26. The smallest absolute Gasteiger partial charge is 0.251 e. The molecule has 0 radical (unpaired) electrons. The van der Waals surface area contributed by atoms with Crippen molar-refractivity contribution < 1.29 is 13.6 Å². The molecule has 0 saturated heterocycles. The van der Waals surface area contributed by atoms with Gasteiger partial charge in [-0.25, -0.2) is 8.78 Å². The van der Waals surface area contributed by atoms with Crippen molar-refractivity contribution in [2.24, 2.45) is 0 Å². The monoisotopic (exact) mass is 303 g/mol. The molecule has 1 amide bonds. The quantitative estimate of drug-likeness (QED) is 0.663. The van der Waals surface area contributed by atoms with Crippen LogP contribution in [0.25, 0.3) is 0 Å². The average molecular weight is 304 g/mol. The van der Waals surface area contributed by atoms with Crippen molar-refractivity contribution in [2.75, 3.05) is 5.32 Å². The number of rotatable bonds is 3. The molecule has 0 aliphatic heterocycles. The maximum Gasteiger partial charge on any atom is 0.251 e. The predicted octanol–water partition coefficient (Wildman–Crippen LogP) is 4.02. The predicted molar refractivity (Wildman–Crippen MR) is 66.7 cm³/mol. The van der Waals surface area contributed by atoms with E-state index in [2.05, 4.69) is 21.2 Å². The number of amides is 1. The lowest BCUT2D eigenvalue weighted by Gasteiger charge is -2.07. The highest BCUT2D eigenvalue weighted by molar-refractivity contribution is 9.10. The molecule has 2 nitrogen and oxygen atoms in total. The lowest BCUT2D eigenvalue weighted by molar-refractivity contribution is -0.112. The number of benzene rings is 1. The highest BCUT2D eigenvalue weighted by Gasteiger charge is 2.11. The molecule has 1 aromatic carbocycles. The molecule has 0 bridgehead atoms. The molecule has 5 heteroatoms. The summed E-state index contributed by atoms with van der Waals surface area (Å²) in [6, 6.07) is 1.92. The van der Waals surface area contributed by atoms with Crippen LogP contribution in [0.5, 0.6) is 0 Å². The molecule has 0 spiro atoms. The Kier molecular flexibility index (Phi) is 4.81. The van der Waals surface area contributed by atoms with E-state index in [0.717, 1.165) is 12.1 Å². The van der Waals surface area contributed by atoms with Crippen LogP contribution in [0.4, 0.5) is 14.5 Å². The van der Waals surface area contributed by atoms with Gasteiger partial charge in [-0.3, -0.25) is 4.79 Å². The van der Waals surface area contributed by atoms with Gasteiger partial charge in [0.15, 0.2) is 0 Å². The van der Waals surface area contributed by atoms with E-state index in [9.17, 15) is 13.6 Å². The number of hydrogen-bond acceptors (Lipinski definition) is 1. The maximum absolute atomic E-state index is 13.4. The van der Waals surface area contributed by atoms with E-state index in [-0.39, 0.29) is 10.2 Å². The first-order valence-corrected chi connectivity index (χ1v) is 5.87. The van der Waals surface area contributed by atoms with Crippen LogP contribution in [0, 0.1) is 11.6 Å². The summed E-state index contributed by atoms with van der Waals surface area (Å²) < 4.78 is 26.6. The van der Waals surface area contributed by atoms with E-state index in [1.807, 2.05) is 6.92 Å². The first-order chi connectivity index (χ1) is 7.95. The second-order valence-electron chi connectivity index (χ2n) is 3.50. The Morgan fingerprint density at radius 3 is 2.65 bits per heavy atom. The largest absolute Gasteiger partial charge is 0.320 e. The molecule has 0 saturated carbocycles. The normalized spacial score (nSPS) is 11.5. The third kappa shape index (κ3) is 3.63. The first-order valence-electron chi connectivity index (χ1n) is 5.08. The van der Waals surface area contributed by atoms with Gasteiger partial charge in [-0.1, -0.05) is 13.0 Å². The maximum atomic E-state index is 13.4. The number of halogens is 3. The Balaban J connectivity index is 2.93. The van der Waals surface area contributed by atoms with Crippen LogP contribution in [0.3, 0.4) is 0 Å². The zero-order chi connectivity index (χ0) is 13.0. The number of allylic oxidation sites excluding steroid dienone is 1. The van der Waals surface area contributed by atoms with Crippen LogP contribution in [-0.4, -0.2) is 5.91 Å². The van der Waals surface area contributed by atoms with Crippen LogP contribution in [0.2, 0.25) is 0 Å². The van der Waals surface area contributed by atoms with Crippen LogP contribution in [0.1, 0.15) is 20.3 Å². The molecule has 1 N–H and O–H groups in total. The third-order valence-electron chi connectivity index (χ3n) is 2.13. The lowest BCUT2D eigenvalue weighted by atomic mass is 10.2. The van der Waals surface area contributed by atoms with Gasteiger partial charge < -0.3 is 5.32 Å². The molecule has 0 aliphatic carbocycles. The summed E-state index contributed by atoms with van der Waals surface area (Å²) in [4.78, 5) is 11.6. The minimum Gasteiger partial charge on any atom is -0.320 e.